The van der Waals surface area contributed by atoms with Crippen LogP contribution in [0.1, 0.15) is 34.3 Å². The maximum Gasteiger partial charge on any atom is 0.322 e. The molecule has 0 atom stereocenters. The molecule has 0 saturated carbocycles. The van der Waals surface area contributed by atoms with E-state index in [1.165, 1.54) is 38.2 Å². The van der Waals surface area contributed by atoms with E-state index in [-0.39, 0.29) is 6.01 Å². The Morgan fingerprint density at radius 1 is 0.964 bits per heavy atom. The van der Waals surface area contributed by atoms with E-state index in [1.807, 2.05) is 6.07 Å². The number of nitrogens with zero attached hydrogens (tertiary/aromatic N) is 2. The Labute approximate surface area is 162 Å². The van der Waals surface area contributed by atoms with Gasteiger partial charge in [-0.05, 0) is 61.1 Å². The molecule has 0 aliphatic heterocycles. The van der Waals surface area contributed by atoms with Crippen LogP contribution >= 0.6 is 0 Å². The number of hydrogen-bond acceptors (Lipinski definition) is 6. The summed E-state index contributed by atoms with van der Waals surface area (Å²) in [5.74, 6) is 1.03. The first-order chi connectivity index (χ1) is 13.7. The monoisotopic (exact) mass is 379 g/mol. The van der Waals surface area contributed by atoms with Gasteiger partial charge in [0.1, 0.15) is 11.5 Å². The quantitative estimate of drug-likeness (QED) is 0.724. The fourth-order valence-electron chi connectivity index (χ4n) is 3.36. The van der Waals surface area contributed by atoms with Crippen molar-refractivity contribution in [1.82, 2.24) is 10.2 Å². The molecule has 144 valence electrons. The highest BCUT2D eigenvalue weighted by molar-refractivity contribution is 6.03. The van der Waals surface area contributed by atoms with Crippen molar-refractivity contribution < 1.29 is 18.7 Å². The Balaban J connectivity index is 1.53. The summed E-state index contributed by atoms with van der Waals surface area (Å²) in [5, 5.41) is 10.6. The molecule has 1 aromatic heterocycles. The third-order valence-corrected chi connectivity index (χ3v) is 4.85. The summed E-state index contributed by atoms with van der Waals surface area (Å²) in [6, 6.07) is 11.2. The van der Waals surface area contributed by atoms with E-state index in [1.54, 1.807) is 18.2 Å². The molecule has 0 unspecified atom stereocenters. The summed E-state index contributed by atoms with van der Waals surface area (Å²) in [6.07, 6.45) is 4.62. The predicted molar refractivity (Wildman–Crippen MR) is 104 cm³/mol. The third kappa shape index (κ3) is 3.69. The number of carbonyl (C=O) groups excluding carboxylic acids is 1. The molecule has 0 spiro atoms. The van der Waals surface area contributed by atoms with Gasteiger partial charge in [0, 0.05) is 17.2 Å². The van der Waals surface area contributed by atoms with Crippen molar-refractivity contribution in [2.75, 3.05) is 19.5 Å². The van der Waals surface area contributed by atoms with Crippen molar-refractivity contribution >= 4 is 11.9 Å². The van der Waals surface area contributed by atoms with Crippen LogP contribution in [0.3, 0.4) is 0 Å². The number of aromatic nitrogens is 2. The zero-order chi connectivity index (χ0) is 19.5. The van der Waals surface area contributed by atoms with Gasteiger partial charge in [-0.15, -0.1) is 5.10 Å². The van der Waals surface area contributed by atoms with Crippen LogP contribution in [0.5, 0.6) is 11.5 Å². The summed E-state index contributed by atoms with van der Waals surface area (Å²) < 4.78 is 16.0. The molecule has 1 amide bonds. The number of amides is 1. The summed E-state index contributed by atoms with van der Waals surface area (Å²) in [7, 11) is 3.05. The second-order valence-corrected chi connectivity index (χ2v) is 6.66. The van der Waals surface area contributed by atoms with Crippen LogP contribution in [0.25, 0.3) is 11.5 Å². The summed E-state index contributed by atoms with van der Waals surface area (Å²) in [4.78, 5) is 12.5. The van der Waals surface area contributed by atoms with Crippen molar-refractivity contribution in [2.24, 2.45) is 0 Å². The molecule has 0 fully saturated rings. The minimum Gasteiger partial charge on any atom is -0.497 e. The van der Waals surface area contributed by atoms with Gasteiger partial charge in [-0.2, -0.15) is 0 Å². The molecule has 0 bridgehead atoms. The lowest BCUT2D eigenvalue weighted by Gasteiger charge is -2.15. The summed E-state index contributed by atoms with van der Waals surface area (Å²) in [5.41, 5.74) is 3.94. The predicted octanol–water partition coefficient (Wildman–Crippen LogP) is 3.88. The molecule has 1 heterocycles. The third-order valence-electron chi connectivity index (χ3n) is 4.85. The first-order valence-electron chi connectivity index (χ1n) is 9.16. The normalized spacial score (nSPS) is 12.9. The lowest BCUT2D eigenvalue weighted by molar-refractivity contribution is 0.102. The molecule has 0 radical (unpaired) electrons. The maximum absolute atomic E-state index is 12.5. The lowest BCUT2D eigenvalue weighted by Crippen LogP contribution is -2.12. The van der Waals surface area contributed by atoms with E-state index < -0.39 is 5.91 Å². The number of carbonyl (C=O) groups is 1. The molecular formula is C21H21N3O4. The van der Waals surface area contributed by atoms with Crippen LogP contribution < -0.4 is 14.8 Å². The van der Waals surface area contributed by atoms with Crippen LogP contribution in [0.4, 0.5) is 6.01 Å². The van der Waals surface area contributed by atoms with Gasteiger partial charge in [0.25, 0.3) is 5.91 Å². The number of aryl methyl sites for hydroxylation is 2. The second kappa shape index (κ2) is 7.72. The number of ether oxygens (including phenoxy) is 2. The Bertz CT molecular complexity index is 990. The second-order valence-electron chi connectivity index (χ2n) is 6.66. The average Bonchev–Trinajstić information content (AvgIpc) is 3.21. The molecule has 7 heteroatoms. The van der Waals surface area contributed by atoms with Crippen molar-refractivity contribution in [1.29, 1.82) is 0 Å². The van der Waals surface area contributed by atoms with Crippen molar-refractivity contribution in [3.8, 4) is 23.0 Å². The molecule has 1 N–H and O–H groups in total. The Morgan fingerprint density at radius 2 is 1.68 bits per heavy atom. The van der Waals surface area contributed by atoms with E-state index in [0.717, 1.165) is 18.4 Å². The van der Waals surface area contributed by atoms with Gasteiger partial charge in [0.2, 0.25) is 5.89 Å². The van der Waals surface area contributed by atoms with Crippen LogP contribution in [-0.2, 0) is 12.8 Å². The summed E-state index contributed by atoms with van der Waals surface area (Å²) in [6.45, 7) is 0. The molecule has 3 aromatic rings. The first kappa shape index (κ1) is 18.0. The molecule has 4 rings (SSSR count). The Morgan fingerprint density at radius 3 is 2.39 bits per heavy atom. The fourth-order valence-corrected chi connectivity index (χ4v) is 3.36. The van der Waals surface area contributed by atoms with Gasteiger partial charge in [0.15, 0.2) is 0 Å². The first-order valence-corrected chi connectivity index (χ1v) is 9.16. The van der Waals surface area contributed by atoms with Crippen LogP contribution in [0.15, 0.2) is 40.8 Å². The van der Waals surface area contributed by atoms with Gasteiger partial charge in [-0.25, -0.2) is 0 Å². The van der Waals surface area contributed by atoms with Gasteiger partial charge in [0.05, 0.1) is 14.2 Å². The SMILES string of the molecule is COc1cc(OC)cc(C(=O)Nc2nnc(-c3ccc4c(c3)CCCC4)o2)c1. The minimum absolute atomic E-state index is 0.0412. The number of hydrogen-bond donors (Lipinski definition) is 1. The molecule has 28 heavy (non-hydrogen) atoms. The van der Waals surface area contributed by atoms with E-state index in [9.17, 15) is 4.79 Å². The number of anilines is 1. The number of rotatable bonds is 5. The van der Waals surface area contributed by atoms with Crippen LogP contribution in [-0.4, -0.2) is 30.3 Å². The van der Waals surface area contributed by atoms with Crippen molar-refractivity contribution in [3.63, 3.8) is 0 Å². The molecule has 2 aromatic carbocycles. The summed E-state index contributed by atoms with van der Waals surface area (Å²) >= 11 is 0. The number of fused-ring (bicyclic) bond motifs is 1. The van der Waals surface area contributed by atoms with E-state index >= 15 is 0 Å². The Hall–Kier alpha value is -3.35. The van der Waals surface area contributed by atoms with E-state index in [4.69, 9.17) is 13.9 Å². The fraction of sp³-hybridized carbons (Fsp3) is 0.286. The smallest absolute Gasteiger partial charge is 0.322 e. The minimum atomic E-state index is -0.391. The molecule has 7 nitrogen and oxygen atoms in total. The van der Waals surface area contributed by atoms with Gasteiger partial charge < -0.3 is 13.9 Å². The maximum atomic E-state index is 12.5. The highest BCUT2D eigenvalue weighted by Crippen LogP contribution is 2.28. The standard InChI is InChI=1S/C21H21N3O4/c1-26-17-10-16(11-18(12-17)27-2)19(25)22-21-24-23-20(28-21)15-8-7-13-5-3-4-6-14(13)9-15/h7-12H,3-6H2,1-2H3,(H,22,24,25). The number of nitrogens with one attached hydrogen (secondary N) is 1. The van der Waals surface area contributed by atoms with Crippen LogP contribution in [0, 0.1) is 0 Å². The molecule has 0 saturated heterocycles. The largest absolute Gasteiger partial charge is 0.497 e. The van der Waals surface area contributed by atoms with Crippen LogP contribution in [0.2, 0.25) is 0 Å². The average molecular weight is 379 g/mol. The van der Waals surface area contributed by atoms with Crippen molar-refractivity contribution in [2.45, 2.75) is 25.7 Å². The highest BCUT2D eigenvalue weighted by atomic mass is 16.5. The van der Waals surface area contributed by atoms with Gasteiger partial charge >= 0.3 is 6.01 Å². The highest BCUT2D eigenvalue weighted by Gasteiger charge is 2.16. The van der Waals surface area contributed by atoms with Gasteiger partial charge in [-0.3, -0.25) is 10.1 Å². The molecule has 1 aliphatic rings. The van der Waals surface area contributed by atoms with Crippen molar-refractivity contribution in [3.05, 3.63) is 53.1 Å². The zero-order valence-corrected chi connectivity index (χ0v) is 15.8. The zero-order valence-electron chi connectivity index (χ0n) is 15.8. The van der Waals surface area contributed by atoms with E-state index in [0.29, 0.717) is 23.0 Å². The van der Waals surface area contributed by atoms with E-state index in [2.05, 4.69) is 27.6 Å². The Kier molecular flexibility index (Phi) is 4.97. The molecular weight excluding hydrogens is 358 g/mol. The number of benzene rings is 2. The number of methoxy groups -OCH3 is 2. The lowest BCUT2D eigenvalue weighted by atomic mass is 9.90. The topological polar surface area (TPSA) is 86.5 Å². The molecule has 1 aliphatic carbocycles. The van der Waals surface area contributed by atoms with Gasteiger partial charge in [-0.1, -0.05) is 11.2 Å².